The van der Waals surface area contributed by atoms with Gasteiger partial charge in [-0.2, -0.15) is 13.2 Å². The van der Waals surface area contributed by atoms with Crippen LogP contribution in [0.15, 0.2) is 60.0 Å². The number of fused-ring (bicyclic) bond motifs is 1. The van der Waals surface area contributed by atoms with Gasteiger partial charge in [0.2, 0.25) is 5.91 Å². The van der Waals surface area contributed by atoms with Crippen LogP contribution in [-0.4, -0.2) is 23.4 Å². The van der Waals surface area contributed by atoms with E-state index < -0.39 is 17.6 Å². The maximum Gasteiger partial charge on any atom is 0.416 e. The van der Waals surface area contributed by atoms with Crippen LogP contribution in [0.2, 0.25) is 0 Å². The zero-order chi connectivity index (χ0) is 24.3. The first-order valence-electron chi connectivity index (χ1n) is 10.9. The topological polar surface area (TPSA) is 75.4 Å². The Kier molecular flexibility index (Phi) is 6.92. The molecule has 0 fully saturated rings. The number of hydrogen-bond donors (Lipinski definition) is 2. The Morgan fingerprint density at radius 2 is 1.79 bits per heavy atom. The van der Waals surface area contributed by atoms with Crippen molar-refractivity contribution in [1.82, 2.24) is 10.2 Å². The van der Waals surface area contributed by atoms with Gasteiger partial charge in [-0.15, -0.1) is 11.3 Å². The van der Waals surface area contributed by atoms with Gasteiger partial charge >= 0.3 is 12.2 Å². The van der Waals surface area contributed by atoms with E-state index in [0.717, 1.165) is 39.3 Å². The molecule has 0 aliphatic carbocycles. The molecule has 0 radical (unpaired) electrons. The van der Waals surface area contributed by atoms with Crippen LogP contribution < -0.4 is 11.1 Å². The van der Waals surface area contributed by atoms with Gasteiger partial charge in [0.1, 0.15) is 0 Å². The highest BCUT2D eigenvalue weighted by atomic mass is 32.1. The number of urea groups is 1. The van der Waals surface area contributed by atoms with E-state index in [1.807, 2.05) is 35.7 Å². The third kappa shape index (κ3) is 5.41. The Labute approximate surface area is 199 Å². The molecular formula is C25H24F3N3O2S. The lowest BCUT2D eigenvalue weighted by Crippen LogP contribution is -2.44. The fourth-order valence-corrected chi connectivity index (χ4v) is 5.24. The molecular weight excluding hydrogens is 463 g/mol. The van der Waals surface area contributed by atoms with Crippen LogP contribution in [0.3, 0.4) is 0 Å². The normalized spacial score (nSPS) is 14.4. The van der Waals surface area contributed by atoms with Crippen molar-refractivity contribution >= 4 is 23.3 Å². The number of alkyl halides is 3. The molecule has 2 heterocycles. The Morgan fingerprint density at radius 1 is 1.09 bits per heavy atom. The number of carbonyl (C=O) groups is 2. The summed E-state index contributed by atoms with van der Waals surface area (Å²) in [5, 5.41) is 4.96. The Bertz CT molecular complexity index is 1160. The standard InChI is InChI=1S/C25H24F3N3O2S/c26-25(27,28)18-8-6-16(7-9-18)20-15-34-22-14-31(13-12-19(20)22)24(33)30-21(10-11-23(29)32)17-4-2-1-3-5-17/h1-9,15,21H,10-14H2,(H2,29,32)(H,30,33)/t21-/m0/s1. The molecule has 5 nitrogen and oxygen atoms in total. The lowest BCUT2D eigenvalue weighted by molar-refractivity contribution is -0.137. The Morgan fingerprint density at radius 3 is 2.44 bits per heavy atom. The second-order valence-corrected chi connectivity index (χ2v) is 9.18. The summed E-state index contributed by atoms with van der Waals surface area (Å²) >= 11 is 1.50. The molecule has 2 aromatic carbocycles. The van der Waals surface area contributed by atoms with Crippen molar-refractivity contribution in [2.45, 2.75) is 38.0 Å². The van der Waals surface area contributed by atoms with E-state index in [9.17, 15) is 22.8 Å². The molecule has 4 rings (SSSR count). The van der Waals surface area contributed by atoms with Gasteiger partial charge < -0.3 is 16.0 Å². The molecule has 3 amide bonds. The predicted octanol–water partition coefficient (Wildman–Crippen LogP) is 5.51. The average molecular weight is 488 g/mol. The van der Waals surface area contributed by atoms with Gasteiger partial charge in [-0.05, 0) is 52.6 Å². The lowest BCUT2D eigenvalue weighted by atomic mass is 9.97. The van der Waals surface area contributed by atoms with E-state index in [1.54, 1.807) is 4.90 Å². The van der Waals surface area contributed by atoms with Crippen LogP contribution in [0.1, 0.15) is 40.5 Å². The highest BCUT2D eigenvalue weighted by Crippen LogP contribution is 2.37. The number of nitrogens with zero attached hydrogens (tertiary/aromatic N) is 1. The second-order valence-electron chi connectivity index (χ2n) is 8.22. The first-order valence-corrected chi connectivity index (χ1v) is 11.8. The summed E-state index contributed by atoms with van der Waals surface area (Å²) in [6, 6.07) is 14.0. The van der Waals surface area contributed by atoms with Crippen molar-refractivity contribution in [3.8, 4) is 11.1 Å². The molecule has 0 spiro atoms. The van der Waals surface area contributed by atoms with Crippen molar-refractivity contribution in [3.63, 3.8) is 0 Å². The van der Waals surface area contributed by atoms with E-state index in [-0.39, 0.29) is 18.5 Å². The molecule has 34 heavy (non-hydrogen) atoms. The number of amides is 3. The fraction of sp³-hybridized carbons (Fsp3) is 0.280. The summed E-state index contributed by atoms with van der Waals surface area (Å²) in [6.07, 6.45) is -3.19. The van der Waals surface area contributed by atoms with Gasteiger partial charge in [0.05, 0.1) is 18.2 Å². The van der Waals surface area contributed by atoms with Gasteiger partial charge in [0, 0.05) is 17.8 Å². The van der Waals surface area contributed by atoms with Crippen LogP contribution in [0.25, 0.3) is 11.1 Å². The molecule has 3 N–H and O–H groups in total. The molecule has 3 aromatic rings. The monoisotopic (exact) mass is 487 g/mol. The molecule has 1 atom stereocenters. The minimum Gasteiger partial charge on any atom is -0.370 e. The van der Waals surface area contributed by atoms with Crippen molar-refractivity contribution in [2.75, 3.05) is 6.54 Å². The molecule has 178 valence electrons. The zero-order valence-electron chi connectivity index (χ0n) is 18.3. The summed E-state index contributed by atoms with van der Waals surface area (Å²) < 4.78 is 38.6. The van der Waals surface area contributed by atoms with Crippen LogP contribution in [-0.2, 0) is 23.9 Å². The molecule has 9 heteroatoms. The van der Waals surface area contributed by atoms with E-state index in [2.05, 4.69) is 5.32 Å². The van der Waals surface area contributed by atoms with Crippen LogP contribution >= 0.6 is 11.3 Å². The number of rotatable bonds is 6. The molecule has 0 bridgehead atoms. The number of thiophene rings is 1. The van der Waals surface area contributed by atoms with Crippen molar-refractivity contribution in [2.24, 2.45) is 5.73 Å². The van der Waals surface area contributed by atoms with Gasteiger partial charge in [0.15, 0.2) is 0 Å². The van der Waals surface area contributed by atoms with Crippen molar-refractivity contribution in [3.05, 3.63) is 81.5 Å². The first kappa shape index (κ1) is 23.8. The zero-order valence-corrected chi connectivity index (χ0v) is 19.1. The molecule has 1 aliphatic heterocycles. The number of hydrogen-bond acceptors (Lipinski definition) is 3. The Hall–Kier alpha value is -3.33. The molecule has 0 saturated carbocycles. The first-order chi connectivity index (χ1) is 16.2. The minimum absolute atomic E-state index is 0.158. The van der Waals surface area contributed by atoms with Crippen LogP contribution in [0.4, 0.5) is 18.0 Å². The van der Waals surface area contributed by atoms with E-state index in [4.69, 9.17) is 5.73 Å². The summed E-state index contributed by atoms with van der Waals surface area (Å²) in [7, 11) is 0. The maximum absolute atomic E-state index is 13.0. The summed E-state index contributed by atoms with van der Waals surface area (Å²) in [6.45, 7) is 0.907. The van der Waals surface area contributed by atoms with Crippen LogP contribution in [0.5, 0.6) is 0 Å². The molecule has 0 saturated heterocycles. The summed E-state index contributed by atoms with van der Waals surface area (Å²) in [4.78, 5) is 27.1. The van der Waals surface area contributed by atoms with Crippen molar-refractivity contribution < 1.29 is 22.8 Å². The third-order valence-electron chi connectivity index (χ3n) is 5.94. The number of nitrogens with two attached hydrogens (primary N) is 1. The Balaban J connectivity index is 1.46. The molecule has 0 unspecified atom stereocenters. The lowest BCUT2D eigenvalue weighted by Gasteiger charge is -2.30. The van der Waals surface area contributed by atoms with Gasteiger partial charge in [-0.25, -0.2) is 4.79 Å². The summed E-state index contributed by atoms with van der Waals surface area (Å²) in [5.74, 6) is -0.424. The second kappa shape index (κ2) is 9.89. The largest absolute Gasteiger partial charge is 0.416 e. The predicted molar refractivity (Wildman–Crippen MR) is 125 cm³/mol. The average Bonchev–Trinajstić information content (AvgIpc) is 3.25. The highest BCUT2D eigenvalue weighted by Gasteiger charge is 2.31. The van der Waals surface area contributed by atoms with Gasteiger partial charge in [-0.3, -0.25) is 4.79 Å². The minimum atomic E-state index is -4.37. The van der Waals surface area contributed by atoms with Gasteiger partial charge in [0.25, 0.3) is 0 Å². The number of primary amides is 1. The molecule has 1 aromatic heterocycles. The quantitative estimate of drug-likeness (QED) is 0.481. The fourth-order valence-electron chi connectivity index (χ4n) is 4.12. The number of halogens is 3. The number of carbonyl (C=O) groups excluding carboxylic acids is 2. The number of benzene rings is 2. The number of nitrogens with one attached hydrogen (secondary N) is 1. The molecule has 1 aliphatic rings. The van der Waals surface area contributed by atoms with E-state index in [1.165, 1.54) is 23.5 Å². The summed E-state index contributed by atoms with van der Waals surface area (Å²) in [5.41, 5.74) is 8.25. The van der Waals surface area contributed by atoms with Gasteiger partial charge in [-0.1, -0.05) is 42.5 Å². The van der Waals surface area contributed by atoms with E-state index >= 15 is 0 Å². The van der Waals surface area contributed by atoms with Crippen LogP contribution in [0, 0.1) is 0 Å². The third-order valence-corrected chi connectivity index (χ3v) is 6.95. The highest BCUT2D eigenvalue weighted by molar-refractivity contribution is 7.10. The van der Waals surface area contributed by atoms with Crippen molar-refractivity contribution in [1.29, 1.82) is 0 Å². The SMILES string of the molecule is NC(=O)CC[C@H](NC(=O)N1CCc2c(-c3ccc(C(F)(F)F)cc3)csc2C1)c1ccccc1. The smallest absolute Gasteiger partial charge is 0.370 e. The maximum atomic E-state index is 13.0. The van der Waals surface area contributed by atoms with E-state index in [0.29, 0.717) is 25.9 Å².